The van der Waals surface area contributed by atoms with Gasteiger partial charge in [0.15, 0.2) is 6.10 Å². The lowest BCUT2D eigenvalue weighted by Gasteiger charge is -2.18. The van der Waals surface area contributed by atoms with Gasteiger partial charge in [0.1, 0.15) is 13.2 Å². The van der Waals surface area contributed by atoms with Gasteiger partial charge in [-0.2, -0.15) is 0 Å². The highest BCUT2D eigenvalue weighted by Gasteiger charge is 2.19. The van der Waals surface area contributed by atoms with E-state index in [1.54, 1.807) is 0 Å². The van der Waals surface area contributed by atoms with Crippen molar-refractivity contribution in [2.24, 2.45) is 0 Å². The van der Waals surface area contributed by atoms with Crippen molar-refractivity contribution in [1.82, 2.24) is 0 Å². The number of carbonyl (C=O) groups excluding carboxylic acids is 3. The maximum atomic E-state index is 12.6. The lowest BCUT2D eigenvalue weighted by Crippen LogP contribution is -2.30. The molecule has 0 aliphatic carbocycles. The number of esters is 3. The van der Waals surface area contributed by atoms with Crippen molar-refractivity contribution in [2.45, 2.75) is 232 Å². The van der Waals surface area contributed by atoms with E-state index in [2.05, 4.69) is 45.1 Å². The van der Waals surface area contributed by atoms with E-state index in [4.69, 9.17) is 14.2 Å². The molecule has 298 valence electrons. The number of hydrogen-bond donors (Lipinski definition) is 0. The van der Waals surface area contributed by atoms with Crippen LogP contribution in [-0.2, 0) is 28.6 Å². The highest BCUT2D eigenvalue weighted by molar-refractivity contribution is 5.71. The van der Waals surface area contributed by atoms with Gasteiger partial charge in [0, 0.05) is 19.3 Å². The van der Waals surface area contributed by atoms with Crippen LogP contribution < -0.4 is 0 Å². The number of hydrogen-bond acceptors (Lipinski definition) is 6. The normalized spacial score (nSPS) is 12.1. The number of ether oxygens (including phenoxy) is 3. The molecule has 0 fully saturated rings. The molecular formula is C45H82O6. The SMILES string of the molecule is CCCC/C=C\C=C/CCCCCC(=O)OC(COC(=O)CCCCCCCCCCC)COC(=O)CCCCCCCCCCCCCCC. The number of allylic oxidation sites excluding steroid dienone is 4. The van der Waals surface area contributed by atoms with Crippen LogP contribution in [0.2, 0.25) is 0 Å². The van der Waals surface area contributed by atoms with Crippen molar-refractivity contribution in [3.8, 4) is 0 Å². The predicted octanol–water partition coefficient (Wildman–Crippen LogP) is 13.6. The molecule has 6 nitrogen and oxygen atoms in total. The fourth-order valence-electron chi connectivity index (χ4n) is 6.12. The molecule has 6 heteroatoms. The minimum absolute atomic E-state index is 0.0785. The Hall–Kier alpha value is -2.11. The molecule has 0 spiro atoms. The van der Waals surface area contributed by atoms with E-state index in [0.29, 0.717) is 19.3 Å². The molecule has 0 aromatic heterocycles. The maximum absolute atomic E-state index is 12.6. The van der Waals surface area contributed by atoms with Gasteiger partial charge >= 0.3 is 17.9 Å². The molecule has 1 atom stereocenters. The summed E-state index contributed by atoms with van der Waals surface area (Å²) in [7, 11) is 0. The van der Waals surface area contributed by atoms with Crippen LogP contribution >= 0.6 is 0 Å². The molecule has 0 radical (unpaired) electrons. The molecule has 51 heavy (non-hydrogen) atoms. The zero-order valence-electron chi connectivity index (χ0n) is 33.9. The lowest BCUT2D eigenvalue weighted by molar-refractivity contribution is -0.167. The van der Waals surface area contributed by atoms with Crippen molar-refractivity contribution in [1.29, 1.82) is 0 Å². The minimum atomic E-state index is -0.775. The van der Waals surface area contributed by atoms with Gasteiger partial charge in [-0.25, -0.2) is 0 Å². The summed E-state index contributed by atoms with van der Waals surface area (Å²) in [5.74, 6) is -0.907. The highest BCUT2D eigenvalue weighted by atomic mass is 16.6. The zero-order chi connectivity index (χ0) is 37.3. The fraction of sp³-hybridized carbons (Fsp3) is 0.844. The second kappa shape index (κ2) is 40.7. The van der Waals surface area contributed by atoms with Crippen LogP contribution in [0.15, 0.2) is 24.3 Å². The molecule has 1 unspecified atom stereocenters. The maximum Gasteiger partial charge on any atom is 0.306 e. The Morgan fingerprint density at radius 2 is 0.706 bits per heavy atom. The summed E-state index contributed by atoms with van der Waals surface area (Å²) in [6.45, 7) is 6.54. The van der Waals surface area contributed by atoms with E-state index < -0.39 is 6.10 Å². The number of carbonyl (C=O) groups is 3. The van der Waals surface area contributed by atoms with Crippen molar-refractivity contribution < 1.29 is 28.6 Å². The van der Waals surface area contributed by atoms with E-state index in [9.17, 15) is 14.4 Å². The summed E-state index contributed by atoms with van der Waals surface area (Å²) in [6, 6.07) is 0. The van der Waals surface area contributed by atoms with Gasteiger partial charge < -0.3 is 14.2 Å². The van der Waals surface area contributed by atoms with Gasteiger partial charge in [-0.3, -0.25) is 14.4 Å². The second-order valence-electron chi connectivity index (χ2n) is 14.6. The molecule has 0 aromatic carbocycles. The first-order valence-corrected chi connectivity index (χ1v) is 21.9. The summed E-state index contributed by atoms with van der Waals surface area (Å²) >= 11 is 0. The molecule has 0 heterocycles. The summed E-state index contributed by atoms with van der Waals surface area (Å²) in [4.78, 5) is 37.6. The fourth-order valence-corrected chi connectivity index (χ4v) is 6.12. The third-order valence-electron chi connectivity index (χ3n) is 9.49. The molecule has 0 bridgehead atoms. The Morgan fingerprint density at radius 1 is 0.392 bits per heavy atom. The standard InChI is InChI=1S/C45H82O6/c1-4-7-10-13-16-19-21-22-24-26-29-32-35-38-44(47)50-41-42(40-49-43(46)37-34-31-28-25-18-15-12-9-6-3)51-45(48)39-36-33-30-27-23-20-17-14-11-8-5-2/h14,17,20,23,42H,4-13,15-16,18-19,21-22,24-41H2,1-3H3/b17-14-,23-20-. The molecule has 0 aliphatic rings. The number of unbranched alkanes of at least 4 members (excludes halogenated alkanes) is 25. The molecular weight excluding hydrogens is 636 g/mol. The largest absolute Gasteiger partial charge is 0.462 e. The van der Waals surface area contributed by atoms with Crippen LogP contribution in [0, 0.1) is 0 Å². The Morgan fingerprint density at radius 3 is 1.10 bits per heavy atom. The summed E-state index contributed by atoms with van der Waals surface area (Å²) in [5.41, 5.74) is 0. The quantitative estimate of drug-likeness (QED) is 0.0272. The number of rotatable bonds is 39. The summed E-state index contributed by atoms with van der Waals surface area (Å²) in [6.07, 6.45) is 43.0. The Labute approximate surface area is 315 Å². The van der Waals surface area contributed by atoms with Crippen molar-refractivity contribution in [3.63, 3.8) is 0 Å². The summed E-state index contributed by atoms with van der Waals surface area (Å²) in [5, 5.41) is 0. The first-order valence-electron chi connectivity index (χ1n) is 21.9. The van der Waals surface area contributed by atoms with E-state index in [-0.39, 0.29) is 31.1 Å². The van der Waals surface area contributed by atoms with Crippen molar-refractivity contribution in [3.05, 3.63) is 24.3 Å². The molecule has 0 rings (SSSR count). The van der Waals surface area contributed by atoms with Crippen LogP contribution in [0.1, 0.15) is 226 Å². The second-order valence-corrected chi connectivity index (χ2v) is 14.6. The van der Waals surface area contributed by atoms with Gasteiger partial charge in [0.05, 0.1) is 0 Å². The Kier molecular flexibility index (Phi) is 39.0. The minimum Gasteiger partial charge on any atom is -0.462 e. The molecule has 0 aliphatic heterocycles. The van der Waals surface area contributed by atoms with Gasteiger partial charge in [-0.05, 0) is 38.5 Å². The molecule has 0 aromatic rings. The van der Waals surface area contributed by atoms with Crippen LogP contribution in [0.4, 0.5) is 0 Å². The highest BCUT2D eigenvalue weighted by Crippen LogP contribution is 2.14. The predicted molar refractivity (Wildman–Crippen MR) is 215 cm³/mol. The van der Waals surface area contributed by atoms with E-state index in [1.807, 2.05) is 0 Å². The monoisotopic (exact) mass is 719 g/mol. The van der Waals surface area contributed by atoms with Crippen LogP contribution in [0.5, 0.6) is 0 Å². The van der Waals surface area contributed by atoms with Crippen LogP contribution in [0.25, 0.3) is 0 Å². The van der Waals surface area contributed by atoms with Crippen molar-refractivity contribution in [2.75, 3.05) is 13.2 Å². The third-order valence-corrected chi connectivity index (χ3v) is 9.49. The van der Waals surface area contributed by atoms with E-state index in [1.165, 1.54) is 116 Å². The van der Waals surface area contributed by atoms with Gasteiger partial charge in [0.25, 0.3) is 0 Å². The molecule has 0 saturated carbocycles. The molecule has 0 amide bonds. The van der Waals surface area contributed by atoms with Crippen molar-refractivity contribution >= 4 is 17.9 Å². The molecule has 0 saturated heterocycles. The topological polar surface area (TPSA) is 78.9 Å². The Balaban J connectivity index is 4.37. The zero-order valence-corrected chi connectivity index (χ0v) is 33.9. The Bertz CT molecular complexity index is 835. The van der Waals surface area contributed by atoms with Crippen LogP contribution in [-0.4, -0.2) is 37.2 Å². The lowest BCUT2D eigenvalue weighted by atomic mass is 10.0. The first-order chi connectivity index (χ1) is 25.0. The molecule has 0 N–H and O–H groups in total. The van der Waals surface area contributed by atoms with E-state index in [0.717, 1.165) is 70.6 Å². The smallest absolute Gasteiger partial charge is 0.306 e. The van der Waals surface area contributed by atoms with Gasteiger partial charge in [0.2, 0.25) is 0 Å². The first kappa shape index (κ1) is 48.9. The van der Waals surface area contributed by atoms with E-state index >= 15 is 0 Å². The van der Waals surface area contributed by atoms with Gasteiger partial charge in [-0.15, -0.1) is 0 Å². The van der Waals surface area contributed by atoms with Crippen LogP contribution in [0.3, 0.4) is 0 Å². The average Bonchev–Trinajstić information content (AvgIpc) is 3.12. The average molecular weight is 719 g/mol. The summed E-state index contributed by atoms with van der Waals surface area (Å²) < 4.78 is 16.6. The van der Waals surface area contributed by atoms with Gasteiger partial charge in [-0.1, -0.05) is 193 Å². The third kappa shape index (κ3) is 38.9.